The third-order valence-electron chi connectivity index (χ3n) is 2.47. The van der Waals surface area contributed by atoms with Crippen LogP contribution in [0.3, 0.4) is 0 Å². The van der Waals surface area contributed by atoms with E-state index in [1.807, 2.05) is 6.92 Å². The van der Waals surface area contributed by atoms with Crippen LogP contribution in [0.15, 0.2) is 24.3 Å². The zero-order valence-electron chi connectivity index (χ0n) is 10.1. The van der Waals surface area contributed by atoms with Gasteiger partial charge >= 0.3 is 11.9 Å². The van der Waals surface area contributed by atoms with Crippen molar-refractivity contribution >= 4 is 11.9 Å². The fourth-order valence-electron chi connectivity index (χ4n) is 1.46. The average molecular weight is 252 g/mol. The number of hydrogen-bond donors (Lipinski definition) is 2. The number of aliphatic carboxylic acids is 1. The Labute approximate surface area is 105 Å². The molecule has 98 valence electrons. The van der Waals surface area contributed by atoms with Gasteiger partial charge in [-0.25, -0.2) is 9.59 Å². The van der Waals surface area contributed by atoms with E-state index in [9.17, 15) is 9.59 Å². The van der Waals surface area contributed by atoms with Crippen molar-refractivity contribution in [2.45, 2.75) is 32.3 Å². The Kier molecular flexibility index (Phi) is 5.17. The molecular weight excluding hydrogens is 236 g/mol. The molecule has 5 nitrogen and oxygen atoms in total. The van der Waals surface area contributed by atoms with Crippen molar-refractivity contribution < 1.29 is 24.5 Å². The summed E-state index contributed by atoms with van der Waals surface area (Å²) in [7, 11) is 0. The zero-order valence-corrected chi connectivity index (χ0v) is 10.1. The minimum absolute atomic E-state index is 0.141. The molecule has 0 spiro atoms. The first-order valence-corrected chi connectivity index (χ1v) is 5.77. The Hall–Kier alpha value is -2.04. The fourth-order valence-corrected chi connectivity index (χ4v) is 1.46. The van der Waals surface area contributed by atoms with E-state index >= 15 is 0 Å². The zero-order chi connectivity index (χ0) is 13.5. The number of carboxylic acid groups (broad SMARTS) is 2. The van der Waals surface area contributed by atoms with Gasteiger partial charge in [-0.2, -0.15) is 0 Å². The minimum Gasteiger partial charge on any atom is -0.479 e. The van der Waals surface area contributed by atoms with Crippen LogP contribution in [0.4, 0.5) is 0 Å². The maximum Gasteiger partial charge on any atom is 0.344 e. The Morgan fingerprint density at radius 2 is 1.83 bits per heavy atom. The Morgan fingerprint density at radius 3 is 2.28 bits per heavy atom. The summed E-state index contributed by atoms with van der Waals surface area (Å²) in [6.45, 7) is 1.97. The molecule has 0 radical (unpaired) electrons. The predicted molar refractivity (Wildman–Crippen MR) is 65.0 cm³/mol. The normalized spacial score (nSPS) is 11.8. The number of carbonyl (C=O) groups is 2. The third-order valence-corrected chi connectivity index (χ3v) is 2.47. The van der Waals surface area contributed by atoms with Crippen LogP contribution in [0.1, 0.15) is 36.5 Å². The standard InChI is InChI=1S/C13H16O5/c1-2-3-4-11(13(16)17)18-10-7-5-9(6-8-10)12(14)15/h5-8,11H,2-4H2,1H3,(H,14,15)(H,16,17). The number of aromatic carboxylic acids is 1. The largest absolute Gasteiger partial charge is 0.479 e. The first kappa shape index (κ1) is 14.0. The fraction of sp³-hybridized carbons (Fsp3) is 0.385. The summed E-state index contributed by atoms with van der Waals surface area (Å²) in [6.07, 6.45) is 1.21. The molecule has 0 fully saturated rings. The number of carboxylic acids is 2. The number of hydrogen-bond acceptors (Lipinski definition) is 3. The molecule has 0 aliphatic heterocycles. The van der Waals surface area contributed by atoms with Gasteiger partial charge < -0.3 is 14.9 Å². The second-order valence-electron chi connectivity index (χ2n) is 3.92. The lowest BCUT2D eigenvalue weighted by molar-refractivity contribution is -0.145. The molecule has 0 aliphatic rings. The Bertz CT molecular complexity index is 410. The van der Waals surface area contributed by atoms with Crippen molar-refractivity contribution in [2.24, 2.45) is 0 Å². The molecule has 1 rings (SSSR count). The van der Waals surface area contributed by atoms with Crippen LogP contribution in [0, 0.1) is 0 Å². The van der Waals surface area contributed by atoms with Gasteiger partial charge in [-0.3, -0.25) is 0 Å². The third kappa shape index (κ3) is 4.08. The molecule has 0 bridgehead atoms. The second kappa shape index (κ2) is 6.64. The highest BCUT2D eigenvalue weighted by atomic mass is 16.5. The lowest BCUT2D eigenvalue weighted by Crippen LogP contribution is -2.26. The van der Waals surface area contributed by atoms with E-state index in [-0.39, 0.29) is 5.56 Å². The van der Waals surface area contributed by atoms with Crippen LogP contribution in [0.5, 0.6) is 5.75 Å². The monoisotopic (exact) mass is 252 g/mol. The van der Waals surface area contributed by atoms with Crippen LogP contribution < -0.4 is 4.74 Å². The number of unbranched alkanes of at least 4 members (excludes halogenated alkanes) is 1. The maximum atomic E-state index is 11.0. The van der Waals surface area contributed by atoms with Crippen LogP contribution in [0.2, 0.25) is 0 Å². The lowest BCUT2D eigenvalue weighted by atomic mass is 10.1. The van der Waals surface area contributed by atoms with Crippen LogP contribution >= 0.6 is 0 Å². The summed E-state index contributed by atoms with van der Waals surface area (Å²) in [6, 6.07) is 5.70. The molecule has 1 aromatic carbocycles. The summed E-state index contributed by atoms with van der Waals surface area (Å²) in [5.74, 6) is -1.67. The van der Waals surface area contributed by atoms with Gasteiger partial charge in [0.1, 0.15) is 5.75 Å². The van der Waals surface area contributed by atoms with Gasteiger partial charge in [-0.15, -0.1) is 0 Å². The molecule has 1 aromatic rings. The molecule has 1 unspecified atom stereocenters. The van der Waals surface area contributed by atoms with Crippen LogP contribution in [-0.2, 0) is 4.79 Å². The molecule has 0 heterocycles. The van der Waals surface area contributed by atoms with Crippen molar-refractivity contribution in [1.82, 2.24) is 0 Å². The first-order chi connectivity index (χ1) is 8.54. The van der Waals surface area contributed by atoms with Crippen molar-refractivity contribution in [3.63, 3.8) is 0 Å². The highest BCUT2D eigenvalue weighted by Gasteiger charge is 2.18. The summed E-state index contributed by atoms with van der Waals surface area (Å²) in [5, 5.41) is 17.7. The number of rotatable bonds is 7. The predicted octanol–water partition coefficient (Wildman–Crippen LogP) is 2.41. The molecule has 0 aromatic heterocycles. The quantitative estimate of drug-likeness (QED) is 0.778. The molecule has 5 heteroatoms. The topological polar surface area (TPSA) is 83.8 Å². The molecule has 0 amide bonds. The van der Waals surface area contributed by atoms with E-state index in [0.29, 0.717) is 12.2 Å². The molecule has 1 atom stereocenters. The Balaban J connectivity index is 2.68. The average Bonchev–Trinajstić information content (AvgIpc) is 2.34. The van der Waals surface area contributed by atoms with Gasteiger partial charge in [-0.05, 0) is 37.1 Å². The van der Waals surface area contributed by atoms with E-state index in [1.165, 1.54) is 24.3 Å². The first-order valence-electron chi connectivity index (χ1n) is 5.77. The van der Waals surface area contributed by atoms with Crippen LogP contribution in [0.25, 0.3) is 0 Å². The highest BCUT2D eigenvalue weighted by molar-refractivity contribution is 5.87. The van der Waals surface area contributed by atoms with E-state index in [2.05, 4.69) is 0 Å². The van der Waals surface area contributed by atoms with Gasteiger partial charge in [0, 0.05) is 0 Å². The second-order valence-corrected chi connectivity index (χ2v) is 3.92. The number of ether oxygens (including phenoxy) is 1. The molecule has 0 aliphatic carbocycles. The van der Waals surface area contributed by atoms with E-state index in [0.717, 1.165) is 12.8 Å². The minimum atomic E-state index is -1.03. The SMILES string of the molecule is CCCCC(Oc1ccc(C(=O)O)cc1)C(=O)O. The van der Waals surface area contributed by atoms with Gasteiger partial charge in [0.25, 0.3) is 0 Å². The summed E-state index contributed by atoms with van der Waals surface area (Å²) >= 11 is 0. The van der Waals surface area contributed by atoms with Crippen molar-refractivity contribution in [3.05, 3.63) is 29.8 Å². The smallest absolute Gasteiger partial charge is 0.344 e. The van der Waals surface area contributed by atoms with Gasteiger partial charge in [0.2, 0.25) is 0 Å². The molecular formula is C13H16O5. The van der Waals surface area contributed by atoms with Gasteiger partial charge in [0.05, 0.1) is 5.56 Å². The molecule has 0 saturated heterocycles. The highest BCUT2D eigenvalue weighted by Crippen LogP contribution is 2.16. The Morgan fingerprint density at radius 1 is 1.22 bits per heavy atom. The summed E-state index contributed by atoms with van der Waals surface area (Å²) < 4.78 is 5.32. The van der Waals surface area contributed by atoms with Gasteiger partial charge in [0.15, 0.2) is 6.10 Å². The summed E-state index contributed by atoms with van der Waals surface area (Å²) in [5.41, 5.74) is 0.141. The number of benzene rings is 1. The van der Waals surface area contributed by atoms with E-state index in [4.69, 9.17) is 14.9 Å². The van der Waals surface area contributed by atoms with Crippen molar-refractivity contribution in [2.75, 3.05) is 0 Å². The molecule has 2 N–H and O–H groups in total. The van der Waals surface area contributed by atoms with Crippen LogP contribution in [-0.4, -0.2) is 28.3 Å². The van der Waals surface area contributed by atoms with E-state index < -0.39 is 18.0 Å². The lowest BCUT2D eigenvalue weighted by Gasteiger charge is -2.14. The molecule has 18 heavy (non-hydrogen) atoms. The van der Waals surface area contributed by atoms with Crippen molar-refractivity contribution in [1.29, 1.82) is 0 Å². The van der Waals surface area contributed by atoms with Crippen molar-refractivity contribution in [3.8, 4) is 5.75 Å². The summed E-state index contributed by atoms with van der Waals surface area (Å²) in [4.78, 5) is 21.6. The molecule has 0 saturated carbocycles. The van der Waals surface area contributed by atoms with Gasteiger partial charge in [-0.1, -0.05) is 13.3 Å². The maximum absolute atomic E-state index is 11.0. The van der Waals surface area contributed by atoms with E-state index in [1.54, 1.807) is 0 Å².